The molecule has 206 valence electrons. The van der Waals surface area contributed by atoms with Crippen molar-refractivity contribution in [2.24, 2.45) is 0 Å². The number of amides is 1. The first-order valence-electron chi connectivity index (χ1n) is 13.3. The van der Waals surface area contributed by atoms with E-state index < -0.39 is 10.0 Å². The van der Waals surface area contributed by atoms with E-state index in [1.54, 1.807) is 23.1 Å². The summed E-state index contributed by atoms with van der Waals surface area (Å²) in [6.07, 6.45) is 0. The molecule has 0 aromatic heterocycles. The van der Waals surface area contributed by atoms with Gasteiger partial charge in [0.15, 0.2) is 0 Å². The number of sulfonamides is 1. The van der Waals surface area contributed by atoms with Crippen molar-refractivity contribution in [3.05, 3.63) is 130 Å². The van der Waals surface area contributed by atoms with Crippen molar-refractivity contribution in [2.45, 2.75) is 24.8 Å². The number of piperazine rings is 1. The molecule has 8 heteroatoms. The van der Waals surface area contributed by atoms with Crippen LogP contribution in [0.4, 0.5) is 5.69 Å². The van der Waals surface area contributed by atoms with Crippen LogP contribution >= 0.6 is 11.6 Å². The molecule has 0 radical (unpaired) electrons. The second-order valence-electron chi connectivity index (χ2n) is 10.1. The Kier molecular flexibility index (Phi) is 8.26. The van der Waals surface area contributed by atoms with Gasteiger partial charge in [0.05, 0.1) is 16.8 Å². The van der Waals surface area contributed by atoms with Gasteiger partial charge < -0.3 is 4.90 Å². The van der Waals surface area contributed by atoms with Crippen LogP contribution in [0.3, 0.4) is 0 Å². The van der Waals surface area contributed by atoms with E-state index in [1.165, 1.54) is 23.3 Å². The third-order valence-electron chi connectivity index (χ3n) is 7.51. The standard InChI is InChI=1S/C32H32ClN3O3S/c1-23-10-9-15-29(24(23)2)34-40(38,39)30-22-27(16-17-28(30)33)32(37)36-20-18-35(19-21-36)31(25-11-5-3-6-12-25)26-13-7-4-8-14-26/h3-17,22,31,34H,18-21H2,1-2H3. The Morgan fingerprint density at radius 1 is 0.800 bits per heavy atom. The number of carbonyl (C=O) groups excluding carboxylic acids is 1. The lowest BCUT2D eigenvalue weighted by Crippen LogP contribution is -2.49. The number of hydrogen-bond acceptors (Lipinski definition) is 4. The number of hydrogen-bond donors (Lipinski definition) is 1. The summed E-state index contributed by atoms with van der Waals surface area (Å²) in [6.45, 7) is 6.21. The van der Waals surface area contributed by atoms with Crippen molar-refractivity contribution < 1.29 is 13.2 Å². The molecule has 1 aliphatic rings. The number of rotatable bonds is 7. The normalized spacial score (nSPS) is 14.3. The monoisotopic (exact) mass is 573 g/mol. The minimum atomic E-state index is -4.01. The lowest BCUT2D eigenvalue weighted by molar-refractivity contribution is 0.0597. The maximum Gasteiger partial charge on any atom is 0.263 e. The van der Waals surface area contributed by atoms with Crippen molar-refractivity contribution in [2.75, 3.05) is 30.9 Å². The van der Waals surface area contributed by atoms with Gasteiger partial charge in [-0.3, -0.25) is 14.4 Å². The predicted octanol–water partition coefficient (Wildman–Crippen LogP) is 6.31. The van der Waals surface area contributed by atoms with Crippen LogP contribution < -0.4 is 4.72 Å². The van der Waals surface area contributed by atoms with E-state index in [4.69, 9.17) is 11.6 Å². The van der Waals surface area contributed by atoms with Crippen LogP contribution in [-0.2, 0) is 10.0 Å². The molecule has 1 saturated heterocycles. The Morgan fingerprint density at radius 2 is 1.40 bits per heavy atom. The molecule has 1 amide bonds. The molecule has 40 heavy (non-hydrogen) atoms. The van der Waals surface area contributed by atoms with Gasteiger partial charge >= 0.3 is 0 Å². The third kappa shape index (κ3) is 5.92. The number of halogens is 1. The largest absolute Gasteiger partial charge is 0.336 e. The van der Waals surface area contributed by atoms with E-state index in [0.717, 1.165) is 11.1 Å². The second-order valence-corrected chi connectivity index (χ2v) is 12.1. The van der Waals surface area contributed by atoms with Crippen LogP contribution in [0, 0.1) is 13.8 Å². The SMILES string of the molecule is Cc1cccc(NS(=O)(=O)c2cc(C(=O)N3CCN(C(c4ccccc4)c4ccccc4)CC3)ccc2Cl)c1C. The van der Waals surface area contributed by atoms with Gasteiger partial charge in [0.2, 0.25) is 0 Å². The number of anilines is 1. The van der Waals surface area contributed by atoms with E-state index in [9.17, 15) is 13.2 Å². The maximum atomic E-state index is 13.5. The Hall–Kier alpha value is -3.65. The fourth-order valence-electron chi connectivity index (χ4n) is 5.15. The van der Waals surface area contributed by atoms with E-state index >= 15 is 0 Å². The number of aryl methyl sites for hydroxylation is 1. The van der Waals surface area contributed by atoms with Crippen LogP contribution in [-0.4, -0.2) is 50.3 Å². The molecule has 0 aliphatic carbocycles. The molecule has 4 aromatic rings. The fraction of sp³-hybridized carbons (Fsp3) is 0.219. The van der Waals surface area contributed by atoms with Gasteiger partial charge in [-0.2, -0.15) is 0 Å². The molecular formula is C32H32ClN3O3S. The molecule has 0 bridgehead atoms. The lowest BCUT2D eigenvalue weighted by atomic mass is 9.96. The number of nitrogens with one attached hydrogen (secondary N) is 1. The summed E-state index contributed by atoms with van der Waals surface area (Å²) < 4.78 is 29.2. The molecule has 6 nitrogen and oxygen atoms in total. The highest BCUT2D eigenvalue weighted by molar-refractivity contribution is 7.92. The molecular weight excluding hydrogens is 542 g/mol. The topological polar surface area (TPSA) is 69.7 Å². The van der Waals surface area contributed by atoms with Gasteiger partial charge in [-0.25, -0.2) is 8.42 Å². The quantitative estimate of drug-likeness (QED) is 0.281. The Bertz CT molecular complexity index is 1560. The van der Waals surface area contributed by atoms with E-state index in [1.807, 2.05) is 56.3 Å². The summed E-state index contributed by atoms with van der Waals surface area (Å²) >= 11 is 6.33. The summed E-state index contributed by atoms with van der Waals surface area (Å²) in [4.78, 5) is 17.6. The van der Waals surface area contributed by atoms with Crippen LogP contribution in [0.15, 0.2) is 102 Å². The zero-order chi connectivity index (χ0) is 28.3. The van der Waals surface area contributed by atoms with Crippen molar-refractivity contribution in [3.63, 3.8) is 0 Å². The fourth-order valence-corrected chi connectivity index (χ4v) is 6.80. The molecule has 1 fully saturated rings. The average molecular weight is 574 g/mol. The first-order chi connectivity index (χ1) is 19.2. The number of benzene rings is 4. The van der Waals surface area contributed by atoms with Crippen molar-refractivity contribution in [1.29, 1.82) is 0 Å². The molecule has 1 heterocycles. The molecule has 0 unspecified atom stereocenters. The molecule has 1 N–H and O–H groups in total. The highest BCUT2D eigenvalue weighted by Gasteiger charge is 2.29. The number of carbonyl (C=O) groups is 1. The van der Waals surface area contributed by atoms with Gasteiger partial charge in [-0.05, 0) is 60.4 Å². The first kappa shape index (κ1) is 27.9. The van der Waals surface area contributed by atoms with E-state index in [-0.39, 0.29) is 21.9 Å². The highest BCUT2D eigenvalue weighted by Crippen LogP contribution is 2.31. The average Bonchev–Trinajstić information content (AvgIpc) is 2.97. The zero-order valence-electron chi connectivity index (χ0n) is 22.5. The third-order valence-corrected chi connectivity index (χ3v) is 9.36. The smallest absolute Gasteiger partial charge is 0.263 e. The van der Waals surface area contributed by atoms with Gasteiger partial charge in [0.25, 0.3) is 15.9 Å². The number of nitrogens with zero attached hydrogens (tertiary/aromatic N) is 2. The minimum Gasteiger partial charge on any atom is -0.336 e. The summed E-state index contributed by atoms with van der Waals surface area (Å²) in [6, 6.07) is 30.7. The molecule has 0 spiro atoms. The van der Waals surface area contributed by atoms with Crippen LogP contribution in [0.1, 0.15) is 38.7 Å². The van der Waals surface area contributed by atoms with Crippen molar-refractivity contribution in [3.8, 4) is 0 Å². The first-order valence-corrected chi connectivity index (χ1v) is 15.1. The van der Waals surface area contributed by atoms with Gasteiger partial charge in [-0.15, -0.1) is 0 Å². The Balaban J connectivity index is 1.33. The van der Waals surface area contributed by atoms with E-state index in [2.05, 4.69) is 33.9 Å². The highest BCUT2D eigenvalue weighted by atomic mass is 35.5. The summed E-state index contributed by atoms with van der Waals surface area (Å²) in [5.74, 6) is -0.213. The minimum absolute atomic E-state index is 0.0627. The second kappa shape index (κ2) is 11.8. The Labute approximate surface area is 241 Å². The van der Waals surface area contributed by atoms with Gasteiger partial charge in [0, 0.05) is 31.7 Å². The van der Waals surface area contributed by atoms with Crippen molar-refractivity contribution in [1.82, 2.24) is 9.80 Å². The zero-order valence-corrected chi connectivity index (χ0v) is 24.1. The molecule has 4 aromatic carbocycles. The Morgan fingerprint density at radius 3 is 2.00 bits per heavy atom. The van der Waals surface area contributed by atoms with Crippen LogP contribution in [0.25, 0.3) is 0 Å². The van der Waals surface area contributed by atoms with Gasteiger partial charge in [0.1, 0.15) is 4.90 Å². The van der Waals surface area contributed by atoms with Crippen LogP contribution in [0.5, 0.6) is 0 Å². The summed E-state index contributed by atoms with van der Waals surface area (Å²) in [7, 11) is -4.01. The maximum absolute atomic E-state index is 13.5. The van der Waals surface area contributed by atoms with E-state index in [0.29, 0.717) is 37.4 Å². The van der Waals surface area contributed by atoms with Crippen molar-refractivity contribution >= 4 is 33.2 Å². The molecule has 5 rings (SSSR count). The van der Waals surface area contributed by atoms with Gasteiger partial charge in [-0.1, -0.05) is 84.4 Å². The molecule has 1 aliphatic heterocycles. The van der Waals surface area contributed by atoms with Crippen LogP contribution in [0.2, 0.25) is 5.02 Å². The summed E-state index contributed by atoms with van der Waals surface area (Å²) in [5.41, 5.74) is 4.99. The predicted molar refractivity (Wildman–Crippen MR) is 160 cm³/mol. The molecule has 0 atom stereocenters. The summed E-state index contributed by atoms with van der Waals surface area (Å²) in [5, 5.41) is 0.0627. The molecule has 0 saturated carbocycles. The lowest BCUT2D eigenvalue weighted by Gasteiger charge is -2.39.